The average Bonchev–Trinajstić information content (AvgIpc) is 2.46. The fourth-order valence-electron chi connectivity index (χ4n) is 1.49. The number of benzene rings is 1. The fraction of sp³-hybridized carbons (Fsp3) is 0.467. The highest BCUT2D eigenvalue weighted by atomic mass is 16.5. The standard InChI is InChI=1S/C15H21NO4/c1-2-3-9-19-14(17)10-13(16)15(18)20-11-12-7-5-4-6-8-12/h4-8,13H,2-3,9-11,16H2,1H3/t13-/m0/s1. The summed E-state index contributed by atoms with van der Waals surface area (Å²) in [6.45, 7) is 2.51. The maximum absolute atomic E-state index is 11.6. The summed E-state index contributed by atoms with van der Waals surface area (Å²) in [7, 11) is 0. The van der Waals surface area contributed by atoms with Crippen molar-refractivity contribution in [2.45, 2.75) is 38.8 Å². The molecule has 0 bridgehead atoms. The first-order valence-electron chi connectivity index (χ1n) is 6.75. The molecule has 0 aromatic heterocycles. The lowest BCUT2D eigenvalue weighted by atomic mass is 10.2. The van der Waals surface area contributed by atoms with Crippen molar-refractivity contribution >= 4 is 11.9 Å². The SMILES string of the molecule is CCCCOC(=O)C[C@H](N)C(=O)OCc1ccccc1. The normalized spacial score (nSPS) is 11.7. The van der Waals surface area contributed by atoms with Crippen LogP contribution in [0, 0.1) is 0 Å². The van der Waals surface area contributed by atoms with Gasteiger partial charge in [-0.25, -0.2) is 0 Å². The molecule has 0 aliphatic heterocycles. The van der Waals surface area contributed by atoms with Gasteiger partial charge in [-0.05, 0) is 12.0 Å². The van der Waals surface area contributed by atoms with Crippen LogP contribution >= 0.6 is 0 Å². The quantitative estimate of drug-likeness (QED) is 0.580. The number of nitrogens with two attached hydrogens (primary N) is 1. The molecule has 0 radical (unpaired) electrons. The molecule has 1 aromatic carbocycles. The summed E-state index contributed by atoms with van der Waals surface area (Å²) in [5.41, 5.74) is 6.48. The van der Waals surface area contributed by atoms with E-state index < -0.39 is 18.0 Å². The van der Waals surface area contributed by atoms with Gasteiger partial charge in [0.25, 0.3) is 0 Å². The van der Waals surface area contributed by atoms with Crippen LogP contribution in [0.5, 0.6) is 0 Å². The van der Waals surface area contributed by atoms with Crippen molar-refractivity contribution in [3.05, 3.63) is 35.9 Å². The Bertz CT molecular complexity index is 419. The molecule has 0 amide bonds. The second kappa shape index (κ2) is 9.09. The molecule has 1 rings (SSSR count). The van der Waals surface area contributed by atoms with Crippen molar-refractivity contribution < 1.29 is 19.1 Å². The predicted octanol–water partition coefficient (Wildman–Crippen LogP) is 1.79. The van der Waals surface area contributed by atoms with Crippen molar-refractivity contribution in [3.8, 4) is 0 Å². The van der Waals surface area contributed by atoms with E-state index in [9.17, 15) is 9.59 Å². The summed E-state index contributed by atoms with van der Waals surface area (Å²) < 4.78 is 9.98. The number of rotatable bonds is 8. The Hall–Kier alpha value is -1.88. The maximum Gasteiger partial charge on any atom is 0.323 e. The Morgan fingerprint density at radius 1 is 1.20 bits per heavy atom. The van der Waals surface area contributed by atoms with E-state index >= 15 is 0 Å². The van der Waals surface area contributed by atoms with E-state index in [1.54, 1.807) is 0 Å². The monoisotopic (exact) mass is 279 g/mol. The van der Waals surface area contributed by atoms with Gasteiger partial charge >= 0.3 is 11.9 Å². The average molecular weight is 279 g/mol. The molecule has 0 saturated heterocycles. The van der Waals surface area contributed by atoms with Crippen LogP contribution in [0.2, 0.25) is 0 Å². The molecule has 110 valence electrons. The Morgan fingerprint density at radius 2 is 1.90 bits per heavy atom. The van der Waals surface area contributed by atoms with Gasteiger partial charge < -0.3 is 15.2 Å². The maximum atomic E-state index is 11.6. The molecule has 5 heteroatoms. The molecule has 0 saturated carbocycles. The lowest BCUT2D eigenvalue weighted by molar-refractivity contribution is -0.152. The van der Waals surface area contributed by atoms with Gasteiger partial charge in [-0.15, -0.1) is 0 Å². The zero-order valence-corrected chi connectivity index (χ0v) is 11.7. The number of carbonyl (C=O) groups is 2. The van der Waals surface area contributed by atoms with Crippen LogP contribution in [0.1, 0.15) is 31.7 Å². The first-order chi connectivity index (χ1) is 9.63. The summed E-state index contributed by atoms with van der Waals surface area (Å²) in [4.78, 5) is 23.0. The summed E-state index contributed by atoms with van der Waals surface area (Å²) in [5, 5.41) is 0. The fourth-order valence-corrected chi connectivity index (χ4v) is 1.49. The molecule has 5 nitrogen and oxygen atoms in total. The first-order valence-corrected chi connectivity index (χ1v) is 6.75. The van der Waals surface area contributed by atoms with Crippen LogP contribution in [-0.2, 0) is 25.7 Å². The Labute approximate surface area is 119 Å². The van der Waals surface area contributed by atoms with Gasteiger partial charge in [0.2, 0.25) is 0 Å². The largest absolute Gasteiger partial charge is 0.466 e. The molecule has 1 atom stereocenters. The molecule has 1 aromatic rings. The number of ether oxygens (including phenoxy) is 2. The highest BCUT2D eigenvalue weighted by Gasteiger charge is 2.19. The van der Waals surface area contributed by atoms with Crippen LogP contribution in [0.25, 0.3) is 0 Å². The molecule has 0 aliphatic rings. The van der Waals surface area contributed by atoms with Crippen LogP contribution in [0.4, 0.5) is 0 Å². The number of hydrogen-bond acceptors (Lipinski definition) is 5. The van der Waals surface area contributed by atoms with Crippen molar-refractivity contribution in [2.75, 3.05) is 6.61 Å². The lowest BCUT2D eigenvalue weighted by Crippen LogP contribution is -2.35. The highest BCUT2D eigenvalue weighted by Crippen LogP contribution is 2.03. The van der Waals surface area contributed by atoms with E-state index in [0.717, 1.165) is 18.4 Å². The number of unbranched alkanes of at least 4 members (excludes halogenated alkanes) is 1. The lowest BCUT2D eigenvalue weighted by Gasteiger charge is -2.11. The topological polar surface area (TPSA) is 78.6 Å². The number of hydrogen-bond donors (Lipinski definition) is 1. The zero-order chi connectivity index (χ0) is 14.8. The van der Waals surface area contributed by atoms with Crippen LogP contribution in [-0.4, -0.2) is 24.6 Å². The van der Waals surface area contributed by atoms with E-state index in [2.05, 4.69) is 0 Å². The Kier molecular flexibility index (Phi) is 7.35. The third-order valence-corrected chi connectivity index (χ3v) is 2.67. The molecule has 0 aliphatic carbocycles. The third-order valence-electron chi connectivity index (χ3n) is 2.67. The van der Waals surface area contributed by atoms with E-state index in [0.29, 0.717) is 6.61 Å². The minimum absolute atomic E-state index is 0.151. The molecule has 20 heavy (non-hydrogen) atoms. The molecule has 0 fully saturated rings. The second-order valence-electron chi connectivity index (χ2n) is 4.48. The number of carbonyl (C=O) groups excluding carboxylic acids is 2. The van der Waals surface area contributed by atoms with Gasteiger partial charge in [0, 0.05) is 0 Å². The third kappa shape index (κ3) is 6.33. The molecule has 0 spiro atoms. The highest BCUT2D eigenvalue weighted by molar-refractivity contribution is 5.82. The van der Waals surface area contributed by atoms with Crippen molar-refractivity contribution in [1.82, 2.24) is 0 Å². The van der Waals surface area contributed by atoms with Crippen LogP contribution in [0.3, 0.4) is 0 Å². The van der Waals surface area contributed by atoms with Gasteiger partial charge in [0.05, 0.1) is 13.0 Å². The first kappa shape index (κ1) is 16.2. The van der Waals surface area contributed by atoms with Gasteiger partial charge in [0.1, 0.15) is 12.6 Å². The van der Waals surface area contributed by atoms with Gasteiger partial charge in [0.15, 0.2) is 0 Å². The number of esters is 2. The van der Waals surface area contributed by atoms with Crippen molar-refractivity contribution in [1.29, 1.82) is 0 Å². The molecule has 0 unspecified atom stereocenters. The van der Waals surface area contributed by atoms with E-state index in [1.807, 2.05) is 37.3 Å². The molecular weight excluding hydrogens is 258 g/mol. The summed E-state index contributed by atoms with van der Waals surface area (Å²) in [6.07, 6.45) is 1.59. The minimum atomic E-state index is -0.979. The van der Waals surface area contributed by atoms with Gasteiger partial charge in [-0.3, -0.25) is 9.59 Å². The predicted molar refractivity (Wildman–Crippen MR) is 74.7 cm³/mol. The van der Waals surface area contributed by atoms with Crippen LogP contribution in [0.15, 0.2) is 30.3 Å². The minimum Gasteiger partial charge on any atom is -0.466 e. The molecule has 2 N–H and O–H groups in total. The van der Waals surface area contributed by atoms with E-state index in [-0.39, 0.29) is 13.0 Å². The summed E-state index contributed by atoms with van der Waals surface area (Å²) in [6, 6.07) is 8.30. The zero-order valence-electron chi connectivity index (χ0n) is 11.7. The smallest absolute Gasteiger partial charge is 0.323 e. The Balaban J connectivity index is 2.26. The van der Waals surface area contributed by atoms with Gasteiger partial charge in [-0.1, -0.05) is 43.7 Å². The van der Waals surface area contributed by atoms with Gasteiger partial charge in [-0.2, -0.15) is 0 Å². The Morgan fingerprint density at radius 3 is 2.55 bits per heavy atom. The summed E-state index contributed by atoms with van der Waals surface area (Å²) >= 11 is 0. The molecule has 0 heterocycles. The van der Waals surface area contributed by atoms with E-state index in [4.69, 9.17) is 15.2 Å². The second-order valence-corrected chi connectivity index (χ2v) is 4.48. The van der Waals surface area contributed by atoms with E-state index in [1.165, 1.54) is 0 Å². The van der Waals surface area contributed by atoms with Crippen molar-refractivity contribution in [2.24, 2.45) is 5.73 Å². The summed E-state index contributed by atoms with van der Waals surface area (Å²) in [5.74, 6) is -1.07. The van der Waals surface area contributed by atoms with Crippen LogP contribution < -0.4 is 5.73 Å². The molecular formula is C15H21NO4. The van der Waals surface area contributed by atoms with Crippen molar-refractivity contribution in [3.63, 3.8) is 0 Å².